The minimum Gasteiger partial charge on any atom is -0.454 e. The van der Waals surface area contributed by atoms with Crippen molar-refractivity contribution < 1.29 is 4.42 Å². The maximum absolute atomic E-state index is 7.05. The molecule has 43 heavy (non-hydrogen) atoms. The zero-order valence-corrected chi connectivity index (χ0v) is 24.8. The van der Waals surface area contributed by atoms with E-state index in [4.69, 9.17) is 9.41 Å². The zero-order valence-electron chi connectivity index (χ0n) is 24.8. The highest BCUT2D eigenvalue weighted by Crippen LogP contribution is 2.57. The molecule has 9 rings (SSSR count). The molecule has 0 saturated heterocycles. The molecule has 0 bridgehead atoms. The summed E-state index contributed by atoms with van der Waals surface area (Å²) in [7, 11) is 0. The normalized spacial score (nSPS) is 25.5. The Labute approximate surface area is 252 Å². The lowest BCUT2D eigenvalue weighted by Crippen LogP contribution is -2.45. The molecule has 2 aliphatic heterocycles. The van der Waals surface area contributed by atoms with Gasteiger partial charge in [-0.2, -0.15) is 0 Å². The number of hydrogen-bond donors (Lipinski definition) is 0. The van der Waals surface area contributed by atoms with Crippen LogP contribution in [-0.4, -0.2) is 11.9 Å². The predicted molar refractivity (Wildman–Crippen MR) is 177 cm³/mol. The van der Waals surface area contributed by atoms with E-state index in [-0.39, 0.29) is 29.2 Å². The van der Waals surface area contributed by atoms with Crippen LogP contribution in [0.2, 0.25) is 0 Å². The third-order valence-electron chi connectivity index (χ3n) is 10.4. The average Bonchev–Trinajstić information content (AvgIpc) is 3.67. The van der Waals surface area contributed by atoms with Crippen LogP contribution in [0.4, 0.5) is 5.69 Å². The maximum Gasteiger partial charge on any atom is 0.159 e. The number of nitrogens with zero attached hydrogens (tertiary/aromatic N) is 2. The molecule has 0 N–H and O–H groups in total. The smallest absolute Gasteiger partial charge is 0.159 e. The first-order valence-electron chi connectivity index (χ1n) is 15.6. The number of furan rings is 1. The molecule has 4 aromatic rings. The van der Waals surface area contributed by atoms with Gasteiger partial charge in [-0.1, -0.05) is 136 Å². The highest BCUT2D eigenvalue weighted by Gasteiger charge is 2.47. The second-order valence-corrected chi connectivity index (χ2v) is 12.9. The van der Waals surface area contributed by atoms with E-state index >= 15 is 0 Å². The molecule has 3 heteroatoms. The number of anilines is 1. The third-order valence-corrected chi connectivity index (χ3v) is 10.4. The van der Waals surface area contributed by atoms with Crippen LogP contribution in [0.5, 0.6) is 0 Å². The first-order chi connectivity index (χ1) is 21.1. The number of benzene rings is 3. The van der Waals surface area contributed by atoms with Crippen LogP contribution in [-0.2, 0) is 5.41 Å². The number of aliphatic imine (C=N–C) groups is 1. The first kappa shape index (κ1) is 24.9. The van der Waals surface area contributed by atoms with Crippen LogP contribution >= 0.6 is 0 Å². The van der Waals surface area contributed by atoms with Gasteiger partial charge < -0.3 is 9.32 Å². The summed E-state index contributed by atoms with van der Waals surface area (Å²) in [5, 5.41) is 1.22. The topological polar surface area (TPSA) is 28.7 Å². The van der Waals surface area contributed by atoms with E-state index in [9.17, 15) is 0 Å². The van der Waals surface area contributed by atoms with Gasteiger partial charge in [0.15, 0.2) is 5.58 Å². The summed E-state index contributed by atoms with van der Waals surface area (Å²) < 4.78 is 7.05. The Balaban J connectivity index is 1.32. The van der Waals surface area contributed by atoms with E-state index in [0.29, 0.717) is 0 Å². The van der Waals surface area contributed by atoms with Crippen LogP contribution in [0.15, 0.2) is 130 Å². The van der Waals surface area contributed by atoms with Gasteiger partial charge in [0.05, 0.1) is 17.4 Å². The second-order valence-electron chi connectivity index (χ2n) is 12.9. The summed E-state index contributed by atoms with van der Waals surface area (Å²) in [6.07, 6.45) is 19.1. The fraction of sp³-hybridized carbons (Fsp3) is 0.225. The Bertz CT molecular complexity index is 2010. The lowest BCUT2D eigenvalue weighted by atomic mass is 9.76. The van der Waals surface area contributed by atoms with Gasteiger partial charge in [0.2, 0.25) is 0 Å². The predicted octanol–water partition coefficient (Wildman–Crippen LogP) is 9.73. The molecule has 3 heterocycles. The molecule has 3 unspecified atom stereocenters. The molecular formula is C40H34N2O. The first-order valence-corrected chi connectivity index (χ1v) is 15.6. The van der Waals surface area contributed by atoms with Crippen molar-refractivity contribution in [2.45, 2.75) is 44.6 Å². The number of rotatable bonds is 2. The van der Waals surface area contributed by atoms with Crippen molar-refractivity contribution in [2.75, 3.05) is 4.90 Å². The largest absolute Gasteiger partial charge is 0.454 e. The molecule has 0 fully saturated rings. The molecule has 3 nitrogen and oxygen atoms in total. The highest BCUT2D eigenvalue weighted by atomic mass is 16.3. The molecule has 5 aliphatic rings. The van der Waals surface area contributed by atoms with Crippen molar-refractivity contribution >= 4 is 28.2 Å². The average molecular weight is 559 g/mol. The van der Waals surface area contributed by atoms with Crippen molar-refractivity contribution in [2.24, 2.45) is 16.8 Å². The Morgan fingerprint density at radius 3 is 2.47 bits per heavy atom. The minimum atomic E-state index is -0.132. The summed E-state index contributed by atoms with van der Waals surface area (Å²) in [6.45, 7) is 6.98. The molecule has 1 aromatic heterocycles. The van der Waals surface area contributed by atoms with E-state index in [1.54, 1.807) is 0 Å². The lowest BCUT2D eigenvalue weighted by molar-refractivity contribution is 0.534. The quantitative estimate of drug-likeness (QED) is 0.245. The van der Waals surface area contributed by atoms with Crippen molar-refractivity contribution in [3.8, 4) is 11.3 Å². The van der Waals surface area contributed by atoms with Gasteiger partial charge in [-0.3, -0.25) is 0 Å². The molecule has 3 aliphatic carbocycles. The second kappa shape index (κ2) is 8.94. The fourth-order valence-corrected chi connectivity index (χ4v) is 8.46. The van der Waals surface area contributed by atoms with Gasteiger partial charge in [-0.25, -0.2) is 4.99 Å². The Kier molecular flexibility index (Phi) is 5.18. The Morgan fingerprint density at radius 1 is 0.837 bits per heavy atom. The summed E-state index contributed by atoms with van der Waals surface area (Å²) >= 11 is 0. The molecule has 0 saturated carbocycles. The SMILES string of the molecule is CC[C@@H]1C(N2c3c(ccc4c5c(oc34)-c3ccccc3C5(C)C)C3C=CC=CC32)=NC(c2ccccc2)=C2C=CC=CC21. The van der Waals surface area contributed by atoms with Gasteiger partial charge in [0.1, 0.15) is 11.6 Å². The van der Waals surface area contributed by atoms with E-state index in [0.717, 1.165) is 34.9 Å². The molecule has 0 amide bonds. The lowest BCUT2D eigenvalue weighted by Gasteiger charge is -2.39. The van der Waals surface area contributed by atoms with Gasteiger partial charge in [-0.05, 0) is 23.1 Å². The molecule has 4 atom stereocenters. The Hall–Kier alpha value is -4.63. The van der Waals surface area contributed by atoms with Crippen LogP contribution in [0, 0.1) is 11.8 Å². The molecule has 3 aromatic carbocycles. The summed E-state index contributed by atoms with van der Waals surface area (Å²) in [4.78, 5) is 8.19. The Morgan fingerprint density at radius 2 is 1.60 bits per heavy atom. The monoisotopic (exact) mass is 558 g/mol. The summed E-state index contributed by atoms with van der Waals surface area (Å²) in [5.74, 6) is 2.94. The fourth-order valence-electron chi connectivity index (χ4n) is 8.46. The zero-order chi connectivity index (χ0) is 28.9. The van der Waals surface area contributed by atoms with Crippen LogP contribution in [0.1, 0.15) is 55.4 Å². The highest BCUT2D eigenvalue weighted by molar-refractivity contribution is 6.13. The standard InChI is InChI=1S/C40H34N2O/c1-4-25-26-16-8-9-18-28(26)35(24-14-6-5-7-15-24)41-39(25)42-33-21-13-11-17-27(33)29-22-23-31-34-37(43-38(31)36(29)42)30-19-10-12-20-32(30)40(34,2)3/h5-23,25-27,33H,4H2,1-3H3/t25-,26?,27?,33?/m0/s1. The minimum absolute atomic E-state index is 0.132. The van der Waals surface area contributed by atoms with Crippen molar-refractivity contribution in [3.05, 3.63) is 143 Å². The maximum atomic E-state index is 7.05. The van der Waals surface area contributed by atoms with E-state index < -0.39 is 0 Å². The van der Waals surface area contributed by atoms with Crippen molar-refractivity contribution in [1.82, 2.24) is 0 Å². The number of allylic oxidation sites excluding steroid dienone is 7. The number of fused-ring (bicyclic) bond motifs is 10. The van der Waals surface area contributed by atoms with E-state index in [1.807, 2.05) is 0 Å². The van der Waals surface area contributed by atoms with Gasteiger partial charge >= 0.3 is 0 Å². The summed E-state index contributed by atoms with van der Waals surface area (Å²) in [5.41, 5.74) is 10.8. The molecule has 210 valence electrons. The van der Waals surface area contributed by atoms with Crippen LogP contribution in [0.3, 0.4) is 0 Å². The number of amidine groups is 1. The van der Waals surface area contributed by atoms with Gasteiger partial charge in [0, 0.05) is 45.2 Å². The van der Waals surface area contributed by atoms with Crippen LogP contribution in [0.25, 0.3) is 28.0 Å². The van der Waals surface area contributed by atoms with Crippen molar-refractivity contribution in [3.63, 3.8) is 0 Å². The van der Waals surface area contributed by atoms with Crippen LogP contribution < -0.4 is 4.90 Å². The van der Waals surface area contributed by atoms with E-state index in [2.05, 4.69) is 141 Å². The van der Waals surface area contributed by atoms with Gasteiger partial charge in [-0.15, -0.1) is 0 Å². The molecular weight excluding hydrogens is 524 g/mol. The van der Waals surface area contributed by atoms with Crippen molar-refractivity contribution in [1.29, 1.82) is 0 Å². The number of hydrogen-bond acceptors (Lipinski definition) is 3. The van der Waals surface area contributed by atoms with E-state index in [1.165, 1.54) is 38.9 Å². The third kappa shape index (κ3) is 3.28. The molecule has 0 radical (unpaired) electrons. The van der Waals surface area contributed by atoms with Gasteiger partial charge in [0.25, 0.3) is 0 Å². The summed E-state index contributed by atoms with van der Waals surface area (Å²) in [6, 6.07) is 24.3. The molecule has 0 spiro atoms.